The molecule has 1 aromatic heterocycles. The summed E-state index contributed by atoms with van der Waals surface area (Å²) in [6, 6.07) is 14.4. The zero-order valence-electron chi connectivity index (χ0n) is 18.4. The van der Waals surface area contributed by atoms with Crippen molar-refractivity contribution in [3.05, 3.63) is 60.1 Å². The highest BCUT2D eigenvalue weighted by Gasteiger charge is 2.24. The van der Waals surface area contributed by atoms with Crippen LogP contribution in [0.3, 0.4) is 0 Å². The van der Waals surface area contributed by atoms with Gasteiger partial charge in [0.2, 0.25) is 0 Å². The summed E-state index contributed by atoms with van der Waals surface area (Å²) in [5.41, 5.74) is 1.22. The summed E-state index contributed by atoms with van der Waals surface area (Å²) in [5, 5.41) is 3.55. The Labute approximate surface area is 185 Å². The molecule has 4 rings (SSSR count). The van der Waals surface area contributed by atoms with Crippen LogP contribution in [-0.2, 0) is 22.4 Å². The fourth-order valence-corrected chi connectivity index (χ4v) is 4.19. The lowest BCUT2D eigenvalue weighted by Crippen LogP contribution is -2.47. The lowest BCUT2D eigenvalue weighted by Gasteiger charge is -2.35. The highest BCUT2D eigenvalue weighted by atomic mass is 16.5. The maximum absolute atomic E-state index is 6.19. The van der Waals surface area contributed by atoms with E-state index < -0.39 is 0 Å². The van der Waals surface area contributed by atoms with Gasteiger partial charge in [0.15, 0.2) is 5.96 Å². The molecule has 1 aromatic carbocycles. The summed E-state index contributed by atoms with van der Waals surface area (Å²) < 4.78 is 17.5. The molecule has 3 heterocycles. The summed E-state index contributed by atoms with van der Waals surface area (Å²) in [6.45, 7) is 5.02. The van der Waals surface area contributed by atoms with Crippen LogP contribution in [0.5, 0.6) is 0 Å². The number of piperidine rings is 1. The van der Waals surface area contributed by atoms with Gasteiger partial charge in [-0.2, -0.15) is 0 Å². The fourth-order valence-electron chi connectivity index (χ4n) is 4.19. The Kier molecular flexibility index (Phi) is 8.42. The average Bonchev–Trinajstić information content (AvgIpc) is 3.35. The van der Waals surface area contributed by atoms with Crippen LogP contribution in [0, 0.1) is 0 Å². The van der Waals surface area contributed by atoms with Gasteiger partial charge in [-0.3, -0.25) is 0 Å². The molecule has 31 heavy (non-hydrogen) atoms. The molecular formula is C25H35N3O3. The Balaban J connectivity index is 1.28. The fraction of sp³-hybridized carbons (Fsp3) is 0.560. The van der Waals surface area contributed by atoms with Gasteiger partial charge in [-0.25, -0.2) is 4.99 Å². The minimum atomic E-state index is 0.290. The van der Waals surface area contributed by atoms with Crippen LogP contribution >= 0.6 is 0 Å². The van der Waals surface area contributed by atoms with E-state index in [1.54, 1.807) is 6.26 Å². The number of rotatable bonds is 8. The van der Waals surface area contributed by atoms with Crippen molar-refractivity contribution >= 4 is 5.96 Å². The van der Waals surface area contributed by atoms with Crippen molar-refractivity contribution in [3.63, 3.8) is 0 Å². The minimum absolute atomic E-state index is 0.290. The second kappa shape index (κ2) is 11.9. The van der Waals surface area contributed by atoms with Crippen molar-refractivity contribution in [2.75, 3.05) is 32.8 Å². The maximum atomic E-state index is 6.19. The summed E-state index contributed by atoms with van der Waals surface area (Å²) in [7, 11) is 0. The van der Waals surface area contributed by atoms with Crippen molar-refractivity contribution in [2.24, 2.45) is 4.99 Å². The molecule has 2 aliphatic rings. The van der Waals surface area contributed by atoms with Gasteiger partial charge < -0.3 is 24.1 Å². The van der Waals surface area contributed by atoms with Crippen molar-refractivity contribution in [1.82, 2.24) is 10.2 Å². The molecule has 168 valence electrons. The first kappa shape index (κ1) is 21.9. The van der Waals surface area contributed by atoms with Crippen LogP contribution in [0.15, 0.2) is 58.1 Å². The number of aliphatic imine (C=N–C) groups is 1. The number of ether oxygens (including phenoxy) is 2. The van der Waals surface area contributed by atoms with Gasteiger partial charge in [-0.05, 0) is 49.8 Å². The molecule has 0 bridgehead atoms. The summed E-state index contributed by atoms with van der Waals surface area (Å²) >= 11 is 0. The Morgan fingerprint density at radius 1 is 1.06 bits per heavy atom. The zero-order chi connectivity index (χ0) is 21.1. The molecule has 0 radical (unpaired) electrons. The predicted octanol–water partition coefficient (Wildman–Crippen LogP) is 4.02. The van der Waals surface area contributed by atoms with Gasteiger partial charge in [0, 0.05) is 32.7 Å². The Morgan fingerprint density at radius 3 is 2.68 bits per heavy atom. The Bertz CT molecular complexity index is 765. The van der Waals surface area contributed by atoms with Gasteiger partial charge in [0.25, 0.3) is 0 Å². The van der Waals surface area contributed by atoms with Crippen LogP contribution in [0.1, 0.15) is 43.4 Å². The molecule has 6 nitrogen and oxygen atoms in total. The number of nitrogens with zero attached hydrogens (tertiary/aromatic N) is 2. The number of hydrogen-bond donors (Lipinski definition) is 1. The van der Waals surface area contributed by atoms with Crippen LogP contribution in [0.25, 0.3) is 0 Å². The van der Waals surface area contributed by atoms with Gasteiger partial charge >= 0.3 is 0 Å². The molecule has 0 saturated carbocycles. The van der Waals surface area contributed by atoms with Gasteiger partial charge in [-0.15, -0.1) is 0 Å². The number of hydrogen-bond acceptors (Lipinski definition) is 4. The maximum Gasteiger partial charge on any atom is 0.194 e. The quantitative estimate of drug-likeness (QED) is 0.511. The van der Waals surface area contributed by atoms with Crippen LogP contribution in [0.4, 0.5) is 0 Å². The molecule has 2 aromatic rings. The number of guanidine groups is 1. The van der Waals surface area contributed by atoms with Crippen molar-refractivity contribution in [1.29, 1.82) is 0 Å². The standard InChI is InChI=1S/C25H35N3O3/c1-2-7-21(8-3-1)19-27-25(26-14-11-22-10-6-18-29-22)28-15-12-23(13-16-28)31-20-24-9-4-5-17-30-24/h1-3,6-8,10,18,23-24H,4-5,9,11-17,19-20H2,(H,26,27). The summed E-state index contributed by atoms with van der Waals surface area (Å²) in [4.78, 5) is 7.28. The number of benzene rings is 1. The third kappa shape index (κ3) is 7.11. The predicted molar refractivity (Wildman–Crippen MR) is 122 cm³/mol. The summed E-state index contributed by atoms with van der Waals surface area (Å²) in [6.07, 6.45) is 8.81. The van der Waals surface area contributed by atoms with Gasteiger partial charge in [0.05, 0.1) is 31.6 Å². The molecular weight excluding hydrogens is 390 g/mol. The van der Waals surface area contributed by atoms with E-state index in [-0.39, 0.29) is 6.10 Å². The van der Waals surface area contributed by atoms with E-state index in [9.17, 15) is 0 Å². The van der Waals surface area contributed by atoms with Crippen molar-refractivity contribution < 1.29 is 13.9 Å². The molecule has 2 aliphatic heterocycles. The molecule has 2 fully saturated rings. The molecule has 1 atom stereocenters. The van der Waals surface area contributed by atoms with Crippen LogP contribution in [-0.4, -0.2) is 55.9 Å². The van der Waals surface area contributed by atoms with E-state index >= 15 is 0 Å². The van der Waals surface area contributed by atoms with Crippen LogP contribution in [0.2, 0.25) is 0 Å². The third-order valence-corrected chi connectivity index (χ3v) is 6.02. The highest BCUT2D eigenvalue weighted by Crippen LogP contribution is 2.18. The number of furan rings is 1. The zero-order valence-corrected chi connectivity index (χ0v) is 18.4. The summed E-state index contributed by atoms with van der Waals surface area (Å²) in [5.74, 6) is 1.97. The lowest BCUT2D eigenvalue weighted by molar-refractivity contribution is -0.0721. The topological polar surface area (TPSA) is 59.2 Å². The highest BCUT2D eigenvalue weighted by molar-refractivity contribution is 5.80. The average molecular weight is 426 g/mol. The van der Waals surface area contributed by atoms with Crippen molar-refractivity contribution in [3.8, 4) is 0 Å². The second-order valence-corrected chi connectivity index (χ2v) is 8.39. The van der Waals surface area contributed by atoms with E-state index in [4.69, 9.17) is 18.9 Å². The molecule has 0 spiro atoms. The minimum Gasteiger partial charge on any atom is -0.469 e. The first-order chi connectivity index (χ1) is 15.4. The number of nitrogens with one attached hydrogen (secondary N) is 1. The van der Waals surface area contributed by atoms with Gasteiger partial charge in [-0.1, -0.05) is 30.3 Å². The monoisotopic (exact) mass is 425 g/mol. The van der Waals surface area contributed by atoms with Crippen molar-refractivity contribution in [2.45, 2.75) is 57.3 Å². The van der Waals surface area contributed by atoms with Crippen LogP contribution < -0.4 is 5.32 Å². The van der Waals surface area contributed by atoms with E-state index in [2.05, 4.69) is 34.5 Å². The Hall–Kier alpha value is -2.31. The molecule has 2 saturated heterocycles. The molecule has 1 N–H and O–H groups in total. The lowest BCUT2D eigenvalue weighted by atomic mass is 10.1. The van der Waals surface area contributed by atoms with E-state index in [1.165, 1.54) is 18.4 Å². The number of likely N-dealkylation sites (tertiary alicyclic amines) is 1. The van der Waals surface area contributed by atoms with Gasteiger partial charge in [0.1, 0.15) is 5.76 Å². The normalized spacial score (nSPS) is 20.7. The second-order valence-electron chi connectivity index (χ2n) is 8.39. The van der Waals surface area contributed by atoms with E-state index in [1.807, 2.05) is 18.2 Å². The third-order valence-electron chi connectivity index (χ3n) is 6.02. The SMILES string of the molecule is c1ccc(CN=C(NCCc2ccco2)N2CCC(OCC3CCCCO3)CC2)cc1. The first-order valence-corrected chi connectivity index (χ1v) is 11.7. The van der Waals surface area contributed by atoms with E-state index in [0.717, 1.165) is 70.3 Å². The molecule has 0 amide bonds. The molecule has 0 aliphatic carbocycles. The molecule has 1 unspecified atom stereocenters. The van der Waals surface area contributed by atoms with E-state index in [0.29, 0.717) is 12.6 Å². The first-order valence-electron chi connectivity index (χ1n) is 11.7. The molecule has 6 heteroatoms. The Morgan fingerprint density at radius 2 is 1.94 bits per heavy atom. The smallest absolute Gasteiger partial charge is 0.194 e. The largest absolute Gasteiger partial charge is 0.469 e.